The van der Waals surface area contributed by atoms with E-state index in [0.717, 1.165) is 30.0 Å². The molecule has 2 aromatic carbocycles. The Labute approximate surface area is 172 Å². The van der Waals surface area contributed by atoms with Crippen molar-refractivity contribution >= 4 is 29.4 Å². The highest BCUT2D eigenvalue weighted by Gasteiger charge is 2.03. The van der Waals surface area contributed by atoms with Crippen LogP contribution in [0.15, 0.2) is 47.6 Å². The molecule has 2 aromatic rings. The first-order valence-electron chi connectivity index (χ1n) is 9.59. The first kappa shape index (κ1) is 21.8. The number of nitrogens with zero attached hydrogens (tertiary/aromatic N) is 2. The second-order valence-electron chi connectivity index (χ2n) is 6.42. The minimum atomic E-state index is -0.132. The Morgan fingerprint density at radius 3 is 2.54 bits per heavy atom. The van der Waals surface area contributed by atoms with E-state index in [0.29, 0.717) is 24.5 Å². The Morgan fingerprint density at radius 2 is 1.89 bits per heavy atom. The lowest BCUT2D eigenvalue weighted by atomic mass is 10.2. The molecule has 6 heteroatoms. The summed E-state index contributed by atoms with van der Waals surface area (Å²) in [6.45, 7) is 8.62. The SMILES string of the molecule is CCN(CC)c1ccc(C=NNC(=O)CCCOc2ccc(Cl)cc2C)cc1. The van der Waals surface area contributed by atoms with Crippen LogP contribution in [0.1, 0.15) is 37.8 Å². The van der Waals surface area contributed by atoms with Crippen LogP contribution in [0.25, 0.3) is 0 Å². The van der Waals surface area contributed by atoms with Gasteiger partial charge in [0.1, 0.15) is 5.75 Å². The summed E-state index contributed by atoms with van der Waals surface area (Å²) in [7, 11) is 0. The van der Waals surface area contributed by atoms with E-state index in [4.69, 9.17) is 16.3 Å². The Morgan fingerprint density at radius 1 is 1.18 bits per heavy atom. The van der Waals surface area contributed by atoms with Gasteiger partial charge < -0.3 is 9.64 Å². The summed E-state index contributed by atoms with van der Waals surface area (Å²) in [4.78, 5) is 14.1. The van der Waals surface area contributed by atoms with E-state index in [-0.39, 0.29) is 5.91 Å². The number of benzene rings is 2. The standard InChI is InChI=1S/C22H28ClN3O2/c1-4-26(5-2)20-11-8-18(9-12-20)16-24-25-22(27)7-6-14-28-21-13-10-19(23)15-17(21)3/h8-13,15-16H,4-7,14H2,1-3H3,(H,25,27). The molecule has 0 aliphatic carbocycles. The fourth-order valence-corrected chi connectivity index (χ4v) is 3.01. The predicted molar refractivity (Wildman–Crippen MR) is 117 cm³/mol. The normalized spacial score (nSPS) is 10.9. The van der Waals surface area contributed by atoms with Crippen LogP contribution in [-0.2, 0) is 4.79 Å². The Kier molecular flexibility index (Phi) is 8.82. The van der Waals surface area contributed by atoms with Crippen LogP contribution in [0.2, 0.25) is 5.02 Å². The van der Waals surface area contributed by atoms with E-state index < -0.39 is 0 Å². The number of carbonyl (C=O) groups is 1. The number of hydrogen-bond donors (Lipinski definition) is 1. The van der Waals surface area contributed by atoms with Crippen molar-refractivity contribution in [1.82, 2.24) is 5.43 Å². The summed E-state index contributed by atoms with van der Waals surface area (Å²) in [5.41, 5.74) is 5.66. The van der Waals surface area contributed by atoms with E-state index in [1.165, 1.54) is 5.69 Å². The molecule has 0 unspecified atom stereocenters. The topological polar surface area (TPSA) is 53.9 Å². The van der Waals surface area contributed by atoms with Gasteiger partial charge in [0.05, 0.1) is 12.8 Å². The first-order valence-corrected chi connectivity index (χ1v) is 9.97. The molecule has 28 heavy (non-hydrogen) atoms. The van der Waals surface area contributed by atoms with Crippen LogP contribution in [0.4, 0.5) is 5.69 Å². The van der Waals surface area contributed by atoms with Crippen molar-refractivity contribution in [3.8, 4) is 5.75 Å². The van der Waals surface area contributed by atoms with Gasteiger partial charge in [-0.25, -0.2) is 5.43 Å². The maximum absolute atomic E-state index is 11.9. The molecule has 1 N–H and O–H groups in total. The molecule has 0 spiro atoms. The molecular weight excluding hydrogens is 374 g/mol. The van der Waals surface area contributed by atoms with Crippen LogP contribution in [0.5, 0.6) is 5.75 Å². The van der Waals surface area contributed by atoms with Crippen LogP contribution in [-0.4, -0.2) is 31.8 Å². The van der Waals surface area contributed by atoms with Gasteiger partial charge in [-0.15, -0.1) is 0 Å². The lowest BCUT2D eigenvalue weighted by Gasteiger charge is -2.20. The van der Waals surface area contributed by atoms with Gasteiger partial charge >= 0.3 is 0 Å². The number of halogens is 1. The van der Waals surface area contributed by atoms with E-state index in [9.17, 15) is 4.79 Å². The zero-order chi connectivity index (χ0) is 20.4. The first-order chi connectivity index (χ1) is 13.5. The molecule has 0 saturated heterocycles. The lowest BCUT2D eigenvalue weighted by molar-refractivity contribution is -0.121. The van der Waals surface area contributed by atoms with E-state index in [1.807, 2.05) is 31.2 Å². The highest BCUT2D eigenvalue weighted by molar-refractivity contribution is 6.30. The molecular formula is C22H28ClN3O2. The largest absolute Gasteiger partial charge is 0.493 e. The van der Waals surface area contributed by atoms with Crippen molar-refractivity contribution in [2.45, 2.75) is 33.6 Å². The minimum Gasteiger partial charge on any atom is -0.493 e. The molecule has 0 atom stereocenters. The van der Waals surface area contributed by atoms with Gasteiger partial charge in [0.15, 0.2) is 0 Å². The summed E-state index contributed by atoms with van der Waals surface area (Å²) in [5, 5.41) is 4.71. The predicted octanol–water partition coefficient (Wildman–Crippen LogP) is 4.80. The fourth-order valence-electron chi connectivity index (χ4n) is 2.78. The monoisotopic (exact) mass is 401 g/mol. The molecule has 0 aliphatic rings. The fraction of sp³-hybridized carbons (Fsp3) is 0.364. The average Bonchev–Trinajstić information content (AvgIpc) is 2.69. The smallest absolute Gasteiger partial charge is 0.240 e. The summed E-state index contributed by atoms with van der Waals surface area (Å²) >= 11 is 5.92. The van der Waals surface area contributed by atoms with Gasteiger partial charge in [0.2, 0.25) is 5.91 Å². The highest BCUT2D eigenvalue weighted by Crippen LogP contribution is 2.21. The zero-order valence-corrected chi connectivity index (χ0v) is 17.5. The summed E-state index contributed by atoms with van der Waals surface area (Å²) in [6.07, 6.45) is 2.62. The quantitative estimate of drug-likeness (QED) is 0.353. The molecule has 2 rings (SSSR count). The van der Waals surface area contributed by atoms with E-state index >= 15 is 0 Å². The van der Waals surface area contributed by atoms with E-state index in [2.05, 4.69) is 41.4 Å². The number of hydrazone groups is 1. The molecule has 0 fully saturated rings. The molecule has 1 amide bonds. The third-order valence-electron chi connectivity index (χ3n) is 4.37. The maximum Gasteiger partial charge on any atom is 0.240 e. The Hall–Kier alpha value is -2.53. The second kappa shape index (κ2) is 11.3. The molecule has 0 radical (unpaired) electrons. The van der Waals surface area contributed by atoms with E-state index in [1.54, 1.807) is 12.3 Å². The molecule has 0 saturated carbocycles. The van der Waals surface area contributed by atoms with Gasteiger partial charge in [-0.05, 0) is 68.7 Å². The second-order valence-corrected chi connectivity index (χ2v) is 6.86. The number of hydrogen-bond acceptors (Lipinski definition) is 4. The molecule has 0 aromatic heterocycles. The number of ether oxygens (including phenoxy) is 1. The van der Waals surface area contributed by atoms with Gasteiger partial charge in [-0.2, -0.15) is 5.10 Å². The number of aryl methyl sites for hydroxylation is 1. The van der Waals surface area contributed by atoms with Crippen molar-refractivity contribution in [2.24, 2.45) is 5.10 Å². The van der Waals surface area contributed by atoms with Crippen LogP contribution in [0.3, 0.4) is 0 Å². The van der Waals surface area contributed by atoms with Gasteiger partial charge in [0.25, 0.3) is 0 Å². The average molecular weight is 402 g/mol. The maximum atomic E-state index is 11.9. The van der Waals surface area contributed by atoms with Crippen molar-refractivity contribution in [2.75, 3.05) is 24.6 Å². The third-order valence-corrected chi connectivity index (χ3v) is 4.60. The Bertz CT molecular complexity index is 787. The zero-order valence-electron chi connectivity index (χ0n) is 16.7. The number of nitrogens with one attached hydrogen (secondary N) is 1. The summed E-state index contributed by atoms with van der Waals surface area (Å²) in [6, 6.07) is 13.6. The van der Waals surface area contributed by atoms with Crippen molar-refractivity contribution in [3.63, 3.8) is 0 Å². The Balaban J connectivity index is 1.70. The third kappa shape index (κ3) is 6.89. The summed E-state index contributed by atoms with van der Waals surface area (Å²) in [5.74, 6) is 0.656. The molecule has 5 nitrogen and oxygen atoms in total. The highest BCUT2D eigenvalue weighted by atomic mass is 35.5. The van der Waals surface area contributed by atoms with Crippen LogP contribution >= 0.6 is 11.6 Å². The number of rotatable bonds is 10. The molecule has 150 valence electrons. The van der Waals surface area contributed by atoms with Crippen LogP contribution in [0, 0.1) is 6.92 Å². The molecule has 0 aliphatic heterocycles. The molecule has 0 heterocycles. The summed E-state index contributed by atoms with van der Waals surface area (Å²) < 4.78 is 5.68. The molecule has 0 bridgehead atoms. The van der Waals surface area contributed by atoms with Crippen molar-refractivity contribution in [3.05, 3.63) is 58.6 Å². The number of carbonyl (C=O) groups excluding carboxylic acids is 1. The van der Waals surface area contributed by atoms with Crippen LogP contribution < -0.4 is 15.1 Å². The van der Waals surface area contributed by atoms with Crippen molar-refractivity contribution < 1.29 is 9.53 Å². The lowest BCUT2D eigenvalue weighted by Crippen LogP contribution is -2.21. The van der Waals surface area contributed by atoms with Gasteiger partial charge in [-0.3, -0.25) is 4.79 Å². The van der Waals surface area contributed by atoms with Crippen molar-refractivity contribution in [1.29, 1.82) is 0 Å². The number of amides is 1. The number of anilines is 1. The minimum absolute atomic E-state index is 0.132. The van der Waals surface area contributed by atoms with Gasteiger partial charge in [0, 0.05) is 30.2 Å². The van der Waals surface area contributed by atoms with Gasteiger partial charge in [-0.1, -0.05) is 23.7 Å².